The Labute approximate surface area is 457 Å². The van der Waals surface area contributed by atoms with Gasteiger partial charge in [-0.2, -0.15) is 0 Å². The molecule has 0 saturated carbocycles. The summed E-state index contributed by atoms with van der Waals surface area (Å²) in [7, 11) is 0. The van der Waals surface area contributed by atoms with Gasteiger partial charge in [0.2, 0.25) is 0 Å². The van der Waals surface area contributed by atoms with Crippen molar-refractivity contribution in [3.8, 4) is 55.1 Å². The van der Waals surface area contributed by atoms with Crippen LogP contribution in [0.15, 0.2) is 261 Å². The van der Waals surface area contributed by atoms with Gasteiger partial charge in [-0.1, -0.05) is 159 Å². The third kappa shape index (κ3) is 8.66. The number of thiazole rings is 2. The molecule has 2 heterocycles. The molecule has 0 atom stereocenters. The first kappa shape index (κ1) is 46.6. The highest BCUT2D eigenvalue weighted by atomic mass is 32.1. The molecule has 2 aromatic heterocycles. The van der Waals surface area contributed by atoms with Crippen molar-refractivity contribution in [3.63, 3.8) is 0 Å². The lowest BCUT2D eigenvalue weighted by molar-refractivity contribution is 0.660. The topological polar surface area (TPSA) is 32.3 Å². The van der Waals surface area contributed by atoms with Crippen LogP contribution in [0.1, 0.15) is 42.8 Å². The Morgan fingerprint density at radius 1 is 0.351 bits per heavy atom. The number of anilines is 5. The van der Waals surface area contributed by atoms with Crippen LogP contribution in [0.25, 0.3) is 81.1 Å². The largest absolute Gasteiger partial charge is 0.314 e. The molecule has 14 rings (SSSR count). The highest BCUT2D eigenvalue weighted by molar-refractivity contribution is 7.21. The molecule has 0 spiro atoms. The van der Waals surface area contributed by atoms with Gasteiger partial charge in [-0.15, -0.1) is 22.7 Å². The van der Waals surface area contributed by atoms with Gasteiger partial charge in [-0.05, 0) is 183 Å². The highest BCUT2D eigenvalue weighted by Crippen LogP contribution is 2.52. The van der Waals surface area contributed by atoms with Crippen molar-refractivity contribution < 1.29 is 0 Å². The average Bonchev–Trinajstić information content (AvgIpc) is 4.20. The molecular weight excluding hydrogens is 973 g/mol. The summed E-state index contributed by atoms with van der Waals surface area (Å²) in [6.45, 7) is 4.77. The van der Waals surface area contributed by atoms with Crippen molar-refractivity contribution in [2.45, 2.75) is 32.1 Å². The zero-order valence-corrected chi connectivity index (χ0v) is 44.4. The van der Waals surface area contributed by atoms with Gasteiger partial charge in [0.1, 0.15) is 10.0 Å². The number of aromatic nitrogens is 2. The predicted octanol–water partition coefficient (Wildman–Crippen LogP) is 20.2. The fourth-order valence-electron chi connectivity index (χ4n) is 11.4. The molecule has 368 valence electrons. The van der Waals surface area contributed by atoms with Crippen LogP contribution in [-0.4, -0.2) is 9.97 Å². The second-order valence-electron chi connectivity index (χ2n) is 20.5. The number of fused-ring (bicyclic) bond motifs is 5. The molecule has 4 nitrogen and oxygen atoms in total. The van der Waals surface area contributed by atoms with Crippen molar-refractivity contribution in [3.05, 3.63) is 277 Å². The molecule has 2 aliphatic carbocycles. The number of nitrogens with zero attached hydrogens (tertiary/aromatic N) is 4. The summed E-state index contributed by atoms with van der Waals surface area (Å²) >= 11 is 3.52. The van der Waals surface area contributed by atoms with Gasteiger partial charge in [0.25, 0.3) is 0 Å². The van der Waals surface area contributed by atoms with E-state index in [0.29, 0.717) is 0 Å². The van der Waals surface area contributed by atoms with E-state index >= 15 is 0 Å². The number of rotatable bonds is 11. The fraction of sp³-hybridized carbons (Fsp3) is 0.0704. The van der Waals surface area contributed by atoms with Gasteiger partial charge in [-0.25, -0.2) is 9.97 Å². The fourth-order valence-corrected chi connectivity index (χ4v) is 13.4. The zero-order valence-electron chi connectivity index (χ0n) is 42.8. The lowest BCUT2D eigenvalue weighted by atomic mass is 9.81. The number of para-hydroxylation sites is 2. The number of hydrogen-bond donors (Lipinski definition) is 0. The van der Waals surface area contributed by atoms with E-state index in [-0.39, 0.29) is 5.41 Å². The Morgan fingerprint density at radius 3 is 1.30 bits per heavy atom. The molecule has 0 N–H and O–H groups in total. The van der Waals surface area contributed by atoms with Crippen LogP contribution < -0.4 is 9.80 Å². The van der Waals surface area contributed by atoms with Crippen molar-refractivity contribution in [1.82, 2.24) is 9.97 Å². The van der Waals surface area contributed by atoms with E-state index < -0.39 is 0 Å². The number of hydrogen-bond acceptors (Lipinski definition) is 6. The molecule has 0 aliphatic heterocycles. The summed E-state index contributed by atoms with van der Waals surface area (Å²) in [5.74, 6) is 0. The van der Waals surface area contributed by atoms with Crippen molar-refractivity contribution in [2.75, 3.05) is 9.80 Å². The minimum atomic E-state index is -0.246. The summed E-state index contributed by atoms with van der Waals surface area (Å²) < 4.78 is 2.43. The molecule has 0 bridgehead atoms. The lowest BCUT2D eigenvalue weighted by Gasteiger charge is -2.30. The summed E-state index contributed by atoms with van der Waals surface area (Å²) in [4.78, 5) is 14.8. The first-order chi connectivity index (χ1) is 37.9. The molecule has 0 saturated heterocycles. The highest BCUT2D eigenvalue weighted by Gasteiger charge is 2.36. The van der Waals surface area contributed by atoms with Crippen molar-refractivity contribution in [1.29, 1.82) is 0 Å². The zero-order chi connectivity index (χ0) is 51.5. The van der Waals surface area contributed by atoms with Crippen LogP contribution in [0.3, 0.4) is 0 Å². The van der Waals surface area contributed by atoms with Crippen LogP contribution in [0.5, 0.6) is 0 Å². The normalized spacial score (nSPS) is 13.5. The van der Waals surface area contributed by atoms with Crippen LogP contribution in [0, 0.1) is 0 Å². The van der Waals surface area contributed by atoms with Gasteiger partial charge in [-0.3, -0.25) is 0 Å². The van der Waals surface area contributed by atoms with E-state index in [1.165, 1.54) is 76.3 Å². The number of allylic oxidation sites excluding steroid dienone is 4. The lowest BCUT2D eigenvalue weighted by Crippen LogP contribution is -2.18. The standard InChI is InChI=1S/C71H52N4S2/c1-71(2)63-45-54(51-25-36-56(37-26-51)74(55-32-21-49(22-33-55)47-13-5-3-6-14-47)57-38-27-52(28-39-57)69-72-65-17-9-11-19-67(65)76-69)31-43-61(63)62-44-42-60(46-64(62)71)75(58-34-23-50(24-35-58)48-15-7-4-8-16-48)59-40-29-53(30-41-59)70-73-66-18-10-12-20-68(66)77-70/h3-27,29-38,40-46H,28,39H2,1-2H3. The summed E-state index contributed by atoms with van der Waals surface area (Å²) in [5, 5.41) is 2.14. The van der Waals surface area contributed by atoms with E-state index in [4.69, 9.17) is 9.97 Å². The van der Waals surface area contributed by atoms with E-state index in [2.05, 4.69) is 278 Å². The quantitative estimate of drug-likeness (QED) is 0.129. The van der Waals surface area contributed by atoms with Crippen LogP contribution in [-0.2, 0) is 5.41 Å². The molecule has 0 amide bonds. The SMILES string of the molecule is CC1(C)c2cc(-c3ccc(N(C4=CC=C(c5nc6ccccc6s5)CC4)c4ccc(-c5ccccc5)cc4)cc3)ccc2-c2ccc(N(c3ccc(-c4ccccc4)cc3)c3ccc(-c4nc5ccccc5s4)cc3)cc21. The van der Waals surface area contributed by atoms with Gasteiger partial charge >= 0.3 is 0 Å². The Hall–Kier alpha value is -8.94. The maximum atomic E-state index is 5.01. The van der Waals surface area contributed by atoms with Gasteiger partial charge in [0.15, 0.2) is 0 Å². The summed E-state index contributed by atoms with van der Waals surface area (Å²) in [6.07, 6.45) is 6.42. The van der Waals surface area contributed by atoms with E-state index in [1.54, 1.807) is 22.7 Å². The molecule has 2 aliphatic rings. The minimum Gasteiger partial charge on any atom is -0.314 e. The third-order valence-electron chi connectivity index (χ3n) is 15.5. The van der Waals surface area contributed by atoms with E-state index in [1.807, 2.05) is 0 Å². The second kappa shape index (κ2) is 19.3. The number of benzene rings is 10. The monoisotopic (exact) mass is 1020 g/mol. The third-order valence-corrected chi connectivity index (χ3v) is 17.7. The maximum absolute atomic E-state index is 5.01. The van der Waals surface area contributed by atoms with Crippen LogP contribution in [0.4, 0.5) is 28.4 Å². The Kier molecular flexibility index (Phi) is 11.7. The van der Waals surface area contributed by atoms with Crippen LogP contribution >= 0.6 is 22.7 Å². The molecule has 0 radical (unpaired) electrons. The van der Waals surface area contributed by atoms with E-state index in [9.17, 15) is 0 Å². The first-order valence-corrected chi connectivity index (χ1v) is 28.0. The Morgan fingerprint density at radius 2 is 0.766 bits per heavy atom. The molecule has 0 unspecified atom stereocenters. The first-order valence-electron chi connectivity index (χ1n) is 26.4. The Bertz CT molecular complexity index is 4140. The molecule has 0 fully saturated rings. The second-order valence-corrected chi connectivity index (χ2v) is 22.6. The van der Waals surface area contributed by atoms with Crippen molar-refractivity contribution >= 4 is 77.1 Å². The summed E-state index contributed by atoms with van der Waals surface area (Å²) in [6, 6.07) is 88.2. The smallest absolute Gasteiger partial charge is 0.124 e. The molecular formula is C71H52N4S2. The maximum Gasteiger partial charge on any atom is 0.124 e. The molecule has 77 heavy (non-hydrogen) atoms. The minimum absolute atomic E-state index is 0.246. The Balaban J connectivity index is 0.781. The van der Waals surface area contributed by atoms with Crippen LogP contribution in [0.2, 0.25) is 0 Å². The molecule has 12 aromatic rings. The van der Waals surface area contributed by atoms with Gasteiger partial charge in [0.05, 0.1) is 20.4 Å². The molecule has 6 heteroatoms. The van der Waals surface area contributed by atoms with E-state index in [0.717, 1.165) is 67.9 Å². The summed E-state index contributed by atoms with van der Waals surface area (Å²) in [5.41, 5.74) is 23.6. The van der Waals surface area contributed by atoms with Gasteiger partial charge in [0, 0.05) is 45.1 Å². The molecule has 10 aromatic carbocycles. The predicted molar refractivity (Wildman–Crippen MR) is 327 cm³/mol. The average molecular weight is 1030 g/mol. The van der Waals surface area contributed by atoms with Crippen molar-refractivity contribution in [2.24, 2.45) is 0 Å². The van der Waals surface area contributed by atoms with Gasteiger partial charge < -0.3 is 9.80 Å².